The summed E-state index contributed by atoms with van der Waals surface area (Å²) >= 11 is 0. The molecule has 0 radical (unpaired) electrons. The Balaban J connectivity index is 1.57. The number of carboxylic acids is 2. The number of benzene rings is 1. The van der Waals surface area contributed by atoms with E-state index in [1.165, 1.54) is 0 Å². The number of nitrogens with two attached hydrogens (primary N) is 2. The quantitative estimate of drug-likeness (QED) is 0.0213. The number of unbranched alkanes of at least 4 members (excludes halogenated alkanes) is 10. The topological polar surface area (TPSA) is 773 Å². The molecular formula is C75H121N11O36. The number of nitrogens with one attached hydrogen (secondary N) is 8. The molecule has 0 spiro atoms. The largest absolute Gasteiger partial charge is 0.508 e. The second kappa shape index (κ2) is 51.4. The molecule has 3 saturated heterocycles. The number of aliphatic hydroxyl groups is 14. The number of hydrogen-bond donors (Lipinski definition) is 27. The van der Waals surface area contributed by atoms with Crippen LogP contribution in [0.1, 0.15) is 156 Å². The normalized spacial score (nSPS) is 25.8. The predicted molar refractivity (Wildman–Crippen MR) is 413 cm³/mol. The molecule has 0 aliphatic carbocycles. The number of carbonyl (C=O) groups is 13. The summed E-state index contributed by atoms with van der Waals surface area (Å²) in [6.45, 7) is 4.52. The SMILES string of the molecule is C/C=C(\NC(=O)C(NC(=O)C(NC(=O)C(NC(=O)C(NC(=O)C(O)C(CCCCCCCCCCCCC)O[C@@H]1OC[C@@H](O)[C@@H](O[C@@H]2O[C@H](C(=O)O)[C@H](O)[C@H](O)[C@H]2O)[C@@H]1O)C(C)O)C(C)O)C(C)O)C(O)c1ccc(O)cc1)C(=O)N[C@@H](CCC(N)=O)C(=O)NCC(=O)N(C)C(C(=O)N[C@H](CCC(N)=O)C(=O)O)C(C)O[C@@H]1O[C@H](CO)[C@@H](O)[C@H](O)[C@@H]1O. The van der Waals surface area contributed by atoms with Gasteiger partial charge in [-0.05, 0) is 71.6 Å². The molecule has 0 bridgehead atoms. The second-order valence-corrected chi connectivity index (χ2v) is 30.1. The van der Waals surface area contributed by atoms with Crippen molar-refractivity contribution in [2.45, 2.75) is 315 Å². The van der Waals surface area contributed by atoms with Gasteiger partial charge < -0.3 is 174 Å². The van der Waals surface area contributed by atoms with Gasteiger partial charge in [0.2, 0.25) is 53.2 Å². The molecule has 11 amide bonds. The van der Waals surface area contributed by atoms with Gasteiger partial charge in [0, 0.05) is 19.9 Å². The van der Waals surface area contributed by atoms with Crippen LogP contribution in [0.5, 0.6) is 5.75 Å². The average Bonchev–Trinajstić information content (AvgIpc) is 0.790. The molecule has 0 aromatic heterocycles. The Morgan fingerprint density at radius 1 is 0.549 bits per heavy atom. The van der Waals surface area contributed by atoms with Crippen molar-refractivity contribution >= 4 is 76.9 Å². The number of primary amides is 2. The maximum absolute atomic E-state index is 14.5. The van der Waals surface area contributed by atoms with E-state index in [0.29, 0.717) is 17.7 Å². The minimum atomic E-state index is -2.33. The number of allylic oxidation sites excluding steroid dienone is 1. The van der Waals surface area contributed by atoms with E-state index in [4.69, 9.17) is 39.9 Å². The lowest BCUT2D eigenvalue weighted by atomic mass is 9.98. The standard InChI is InChI=1S/C75H121N11O36/c1-8-10-11-12-13-14-15-16-17-18-19-20-42(119-73-60(104)61(41(92)31-117-73)121-75-59(103)56(100)57(101)62(122-75)72(115)116)54(98)70(112)84-49(34(5)90)66(108)82-47(32(3)88)65(107)83-48(33(4)89)67(109)85-50(52(96)36-21-23-37(91)24-22-36)68(110)79-38(9-2)64(106)80-39(25-27-44(76)93)63(105)78-29-46(95)86(7)51(69(111)81-40(71(113)114)26-28-45(77)94)35(6)118-74-58(102)55(99)53(97)43(30-87)120-74/h9,21-24,32-35,39-43,47-62,73-75,87-92,96-104H,8,10-20,25-31H2,1-7H3,(H2,76,93)(H2,77,94)(H,78,105)(H,79,110)(H,80,106)(H,81,111)(H,82,108)(H,83,107)(H,84,112)(H,85,109)(H,113,114)(H,115,116)/b38-9-/t32?,33?,34?,35?,39-,40+,41+,42?,43+,47?,48?,49?,50?,51?,52?,53+,54?,55-,56-,57+,58-,59+,60-,61+,62-,73-,74+,75+/m0/s1. The van der Waals surface area contributed by atoms with Crippen molar-refractivity contribution in [3.05, 3.63) is 41.6 Å². The summed E-state index contributed by atoms with van der Waals surface area (Å²) in [6, 6.07) is -10.3. The maximum Gasteiger partial charge on any atom is 0.335 e. The first kappa shape index (κ1) is 105. The van der Waals surface area contributed by atoms with Crippen LogP contribution in [0.3, 0.4) is 0 Å². The average molecular weight is 1750 g/mol. The van der Waals surface area contributed by atoms with Gasteiger partial charge in [0.15, 0.2) is 31.1 Å². The number of carbonyl (C=O) groups excluding carboxylic acids is 11. The first-order valence-electron chi connectivity index (χ1n) is 39.8. The van der Waals surface area contributed by atoms with Crippen LogP contribution in [0, 0.1) is 0 Å². The first-order chi connectivity index (χ1) is 57.3. The number of aliphatic carboxylic acids is 2. The van der Waals surface area contributed by atoms with Crippen LogP contribution < -0.4 is 54.0 Å². The number of amides is 11. The number of phenols is 1. The van der Waals surface area contributed by atoms with E-state index in [0.717, 1.165) is 123 Å². The highest BCUT2D eigenvalue weighted by Crippen LogP contribution is 2.31. The van der Waals surface area contributed by atoms with Gasteiger partial charge in [-0.3, -0.25) is 52.7 Å². The lowest BCUT2D eigenvalue weighted by Gasteiger charge is -2.44. The van der Waals surface area contributed by atoms with Crippen molar-refractivity contribution in [3.8, 4) is 5.75 Å². The Morgan fingerprint density at radius 2 is 1.04 bits per heavy atom. The third kappa shape index (κ3) is 31.7. The summed E-state index contributed by atoms with van der Waals surface area (Å²) in [5.41, 5.74) is 9.57. The number of likely N-dealkylation sites (N-methyl/N-ethyl adjacent to an activating group) is 1. The number of phenolic OH excluding ortho intramolecular Hbond substituents is 1. The lowest BCUT2D eigenvalue weighted by molar-refractivity contribution is -0.349. The number of ether oxygens (including phenoxy) is 6. The molecule has 29 N–H and O–H groups in total. The monoisotopic (exact) mass is 1750 g/mol. The molecule has 12 unspecified atom stereocenters. The number of nitrogens with zero attached hydrogens (tertiary/aromatic N) is 1. The van der Waals surface area contributed by atoms with E-state index in [2.05, 4.69) is 49.5 Å². The summed E-state index contributed by atoms with van der Waals surface area (Å²) in [5, 5.41) is 198. The minimum absolute atomic E-state index is 0.187. The highest BCUT2D eigenvalue weighted by molar-refractivity contribution is 6.02. The fourth-order valence-corrected chi connectivity index (χ4v) is 13.2. The number of carboxylic acid groups (broad SMARTS) is 2. The number of hydrogen-bond acceptors (Lipinski definition) is 34. The number of rotatable bonds is 52. The molecule has 3 aliphatic heterocycles. The second-order valence-electron chi connectivity index (χ2n) is 30.1. The van der Waals surface area contributed by atoms with E-state index >= 15 is 0 Å². The minimum Gasteiger partial charge on any atom is -0.508 e. The third-order valence-electron chi connectivity index (χ3n) is 20.4. The highest BCUT2D eigenvalue weighted by Gasteiger charge is 2.53. The van der Waals surface area contributed by atoms with Gasteiger partial charge in [0.1, 0.15) is 121 Å². The number of aromatic hydroxyl groups is 1. The number of aliphatic hydroxyl groups excluding tert-OH is 14. The molecule has 0 saturated carbocycles. The summed E-state index contributed by atoms with van der Waals surface area (Å²) < 4.78 is 33.3. The van der Waals surface area contributed by atoms with Gasteiger partial charge in [-0.25, -0.2) is 9.59 Å². The van der Waals surface area contributed by atoms with Crippen molar-refractivity contribution in [1.82, 2.24) is 47.4 Å². The summed E-state index contributed by atoms with van der Waals surface area (Å²) in [5.74, 6) is -18.3. The van der Waals surface area contributed by atoms with Crippen molar-refractivity contribution in [2.75, 3.05) is 26.8 Å². The lowest BCUT2D eigenvalue weighted by Crippen LogP contribution is -2.64. The van der Waals surface area contributed by atoms with E-state index in [9.17, 15) is 149 Å². The molecule has 692 valence electrons. The summed E-state index contributed by atoms with van der Waals surface area (Å²) in [6.07, 6.45) is -33.7. The van der Waals surface area contributed by atoms with Crippen LogP contribution in [-0.2, 0) is 90.8 Å². The van der Waals surface area contributed by atoms with Gasteiger partial charge in [0.25, 0.3) is 11.8 Å². The highest BCUT2D eigenvalue weighted by atomic mass is 16.7. The smallest absolute Gasteiger partial charge is 0.335 e. The van der Waals surface area contributed by atoms with Crippen LogP contribution in [0.25, 0.3) is 0 Å². The van der Waals surface area contributed by atoms with Crippen LogP contribution in [-0.4, -0.2) is 360 Å². The van der Waals surface area contributed by atoms with Crippen molar-refractivity contribution < 1.29 is 178 Å². The van der Waals surface area contributed by atoms with Crippen molar-refractivity contribution in [3.63, 3.8) is 0 Å². The molecular weight excluding hydrogens is 1630 g/mol. The van der Waals surface area contributed by atoms with Crippen LogP contribution in [0.15, 0.2) is 36.0 Å². The zero-order valence-electron chi connectivity index (χ0n) is 68.4. The van der Waals surface area contributed by atoms with Crippen molar-refractivity contribution in [1.29, 1.82) is 0 Å². The Labute approximate surface area is 700 Å². The zero-order chi connectivity index (χ0) is 91.9. The van der Waals surface area contributed by atoms with Gasteiger partial charge in [-0.2, -0.15) is 0 Å². The molecule has 3 fully saturated rings. The van der Waals surface area contributed by atoms with Crippen LogP contribution in [0.2, 0.25) is 0 Å². The van der Waals surface area contributed by atoms with E-state index in [1.807, 2.05) is 0 Å². The summed E-state index contributed by atoms with van der Waals surface area (Å²) in [7, 11) is 0.959. The molecule has 1 aromatic rings. The van der Waals surface area contributed by atoms with E-state index in [-0.39, 0.29) is 24.2 Å². The zero-order valence-corrected chi connectivity index (χ0v) is 68.4. The molecule has 28 atom stereocenters. The molecule has 122 heavy (non-hydrogen) atoms. The van der Waals surface area contributed by atoms with Gasteiger partial charge in [0.05, 0.1) is 50.3 Å². The molecule has 47 nitrogen and oxygen atoms in total. The first-order valence-corrected chi connectivity index (χ1v) is 39.8. The fraction of sp³-hybridized carbons (Fsp3) is 0.720. The van der Waals surface area contributed by atoms with Gasteiger partial charge >= 0.3 is 11.9 Å². The Hall–Kier alpha value is -8.93. The van der Waals surface area contributed by atoms with Gasteiger partial charge in [-0.1, -0.05) is 95.8 Å². The molecule has 3 heterocycles. The summed E-state index contributed by atoms with van der Waals surface area (Å²) in [4.78, 5) is 176. The molecule has 4 rings (SSSR count). The molecule has 3 aliphatic rings. The van der Waals surface area contributed by atoms with E-state index in [1.54, 1.807) is 0 Å². The predicted octanol–water partition coefficient (Wildman–Crippen LogP) is -9.94. The maximum atomic E-state index is 14.5. The Morgan fingerprint density at radius 3 is 1.53 bits per heavy atom. The Kier molecular flexibility index (Phi) is 44.4. The molecule has 47 heteroatoms. The van der Waals surface area contributed by atoms with E-state index < -0.39 is 299 Å². The van der Waals surface area contributed by atoms with Crippen LogP contribution in [0.4, 0.5) is 0 Å². The van der Waals surface area contributed by atoms with Crippen molar-refractivity contribution in [2.24, 2.45) is 11.5 Å². The Bertz CT molecular complexity index is 3620. The third-order valence-corrected chi connectivity index (χ3v) is 20.4. The fourth-order valence-electron chi connectivity index (χ4n) is 13.2. The van der Waals surface area contributed by atoms with Gasteiger partial charge in [-0.15, -0.1) is 0 Å². The van der Waals surface area contributed by atoms with Crippen LogP contribution >= 0.6 is 0 Å². The molecule has 1 aromatic carbocycles.